The molecular formula is C28H24F4N4O4. The molecule has 0 saturated carbocycles. The predicted octanol–water partition coefficient (Wildman–Crippen LogP) is 3.71. The molecule has 12 heteroatoms. The summed E-state index contributed by atoms with van der Waals surface area (Å²) in [6.45, 7) is 1.01. The normalized spacial score (nSPS) is 19.3. The van der Waals surface area contributed by atoms with Crippen LogP contribution in [0.25, 0.3) is 11.1 Å². The van der Waals surface area contributed by atoms with Crippen molar-refractivity contribution in [2.45, 2.75) is 44.6 Å². The lowest BCUT2D eigenvalue weighted by Gasteiger charge is -2.32. The summed E-state index contributed by atoms with van der Waals surface area (Å²) in [5.41, 5.74) is 1.44. The molecule has 2 aromatic carbocycles. The summed E-state index contributed by atoms with van der Waals surface area (Å²) >= 11 is 0. The Hall–Kier alpha value is -4.19. The van der Waals surface area contributed by atoms with E-state index < -0.39 is 61.1 Å². The number of aryl methyl sites for hydroxylation is 1. The lowest BCUT2D eigenvalue weighted by atomic mass is 9.92. The first-order valence-electron chi connectivity index (χ1n) is 12.4. The Bertz CT molecular complexity index is 1490. The van der Waals surface area contributed by atoms with Gasteiger partial charge in [-0.2, -0.15) is 13.2 Å². The second-order valence-corrected chi connectivity index (χ2v) is 9.82. The summed E-state index contributed by atoms with van der Waals surface area (Å²) < 4.78 is 60.0. The first-order valence-corrected chi connectivity index (χ1v) is 12.4. The number of carbonyl (C=O) groups excluding carboxylic acids is 3. The number of alkyl halides is 3. The van der Waals surface area contributed by atoms with Crippen molar-refractivity contribution in [3.63, 3.8) is 0 Å². The third kappa shape index (κ3) is 4.72. The molecule has 40 heavy (non-hydrogen) atoms. The molecule has 2 heterocycles. The fraction of sp³-hybridized carbons (Fsp3) is 0.321. The third-order valence-electron chi connectivity index (χ3n) is 7.33. The van der Waals surface area contributed by atoms with Gasteiger partial charge in [0.05, 0.1) is 0 Å². The van der Waals surface area contributed by atoms with Crippen molar-refractivity contribution in [1.82, 2.24) is 19.8 Å². The van der Waals surface area contributed by atoms with E-state index in [9.17, 15) is 31.9 Å². The Morgan fingerprint density at radius 1 is 1.18 bits per heavy atom. The molecule has 2 amide bonds. The summed E-state index contributed by atoms with van der Waals surface area (Å²) in [5.74, 6) is -2.90. The van der Waals surface area contributed by atoms with E-state index in [-0.39, 0.29) is 12.0 Å². The molecule has 2 atom stereocenters. The van der Waals surface area contributed by atoms with E-state index >= 15 is 0 Å². The SMILES string of the molecule is Cc1ncncc1-c1ccc2c(c1)CC(=O)[C@]21OCN(CC(=O)N(Cc2ccc(F)cc2)[C@@H](C)C(F)(F)F)C1=O. The lowest BCUT2D eigenvalue weighted by molar-refractivity contribution is -0.187. The van der Waals surface area contributed by atoms with Gasteiger partial charge < -0.3 is 14.5 Å². The van der Waals surface area contributed by atoms with Crippen LogP contribution in [-0.4, -0.2) is 62.9 Å². The van der Waals surface area contributed by atoms with Gasteiger partial charge in [-0.25, -0.2) is 14.4 Å². The number of Topliss-reactive ketones (excluding diaryl/α,β-unsaturated/α-hetero) is 1. The van der Waals surface area contributed by atoms with Crippen LogP contribution in [0.15, 0.2) is 55.0 Å². The van der Waals surface area contributed by atoms with E-state index in [0.29, 0.717) is 16.0 Å². The van der Waals surface area contributed by atoms with Gasteiger partial charge in [-0.3, -0.25) is 14.4 Å². The Morgan fingerprint density at radius 3 is 2.58 bits per heavy atom. The van der Waals surface area contributed by atoms with E-state index in [1.807, 2.05) is 6.92 Å². The second-order valence-electron chi connectivity index (χ2n) is 9.82. The minimum absolute atomic E-state index is 0.0920. The van der Waals surface area contributed by atoms with Crippen molar-refractivity contribution >= 4 is 17.6 Å². The maximum atomic E-state index is 13.6. The number of ether oxygens (including phenoxy) is 1. The van der Waals surface area contributed by atoms with Crippen molar-refractivity contribution in [1.29, 1.82) is 0 Å². The van der Waals surface area contributed by atoms with E-state index in [4.69, 9.17) is 4.74 Å². The molecule has 2 aliphatic rings. The minimum Gasteiger partial charge on any atom is -0.332 e. The Kier molecular flexibility index (Phi) is 6.90. The van der Waals surface area contributed by atoms with Crippen molar-refractivity contribution in [3.8, 4) is 11.1 Å². The molecular weight excluding hydrogens is 532 g/mol. The first kappa shape index (κ1) is 27.4. The van der Waals surface area contributed by atoms with Gasteiger partial charge in [-0.1, -0.05) is 30.3 Å². The van der Waals surface area contributed by atoms with Crippen molar-refractivity contribution in [3.05, 3.63) is 83.2 Å². The molecule has 8 nitrogen and oxygen atoms in total. The number of ketones is 1. The number of hydrogen-bond donors (Lipinski definition) is 0. The van der Waals surface area contributed by atoms with E-state index in [0.717, 1.165) is 40.8 Å². The molecule has 3 aromatic rings. The van der Waals surface area contributed by atoms with Crippen molar-refractivity contribution < 1.29 is 36.7 Å². The maximum Gasteiger partial charge on any atom is 0.408 e. The quantitative estimate of drug-likeness (QED) is 0.340. The molecule has 0 unspecified atom stereocenters. The number of aromatic nitrogens is 2. The van der Waals surface area contributed by atoms with Gasteiger partial charge in [0, 0.05) is 36.0 Å². The highest BCUT2D eigenvalue weighted by Crippen LogP contribution is 2.43. The van der Waals surface area contributed by atoms with Crippen molar-refractivity contribution in [2.24, 2.45) is 0 Å². The van der Waals surface area contributed by atoms with Gasteiger partial charge in [0.15, 0.2) is 5.78 Å². The van der Waals surface area contributed by atoms with Crippen LogP contribution in [0, 0.1) is 12.7 Å². The van der Waals surface area contributed by atoms with E-state index in [2.05, 4.69) is 9.97 Å². The van der Waals surface area contributed by atoms with Crippen LogP contribution >= 0.6 is 0 Å². The molecule has 1 aliphatic carbocycles. The van der Waals surface area contributed by atoms with Crippen LogP contribution < -0.4 is 0 Å². The van der Waals surface area contributed by atoms with Gasteiger partial charge in [0.2, 0.25) is 11.5 Å². The molecule has 5 rings (SSSR count). The van der Waals surface area contributed by atoms with Crippen LogP contribution in [0.1, 0.15) is 29.3 Å². The summed E-state index contributed by atoms with van der Waals surface area (Å²) in [5, 5.41) is 0. The van der Waals surface area contributed by atoms with Crippen molar-refractivity contribution in [2.75, 3.05) is 13.3 Å². The number of fused-ring (bicyclic) bond motifs is 2. The average Bonchev–Trinajstić information content (AvgIpc) is 3.39. The van der Waals surface area contributed by atoms with Crippen LogP contribution in [0.2, 0.25) is 0 Å². The summed E-state index contributed by atoms with van der Waals surface area (Å²) in [7, 11) is 0. The molecule has 0 bridgehead atoms. The van der Waals surface area contributed by atoms with Gasteiger partial charge in [-0.05, 0) is 42.7 Å². The number of benzene rings is 2. The highest BCUT2D eigenvalue weighted by atomic mass is 19.4. The van der Waals surface area contributed by atoms with Gasteiger partial charge in [0.1, 0.15) is 31.5 Å². The van der Waals surface area contributed by atoms with E-state index in [1.54, 1.807) is 24.4 Å². The number of hydrogen-bond acceptors (Lipinski definition) is 6. The monoisotopic (exact) mass is 556 g/mol. The zero-order valence-electron chi connectivity index (χ0n) is 21.5. The Labute approximate surface area is 226 Å². The van der Waals surface area contributed by atoms with Gasteiger partial charge in [-0.15, -0.1) is 0 Å². The molecule has 1 spiro atoms. The molecule has 1 aliphatic heterocycles. The second kappa shape index (κ2) is 10.1. The molecule has 0 radical (unpaired) electrons. The highest BCUT2D eigenvalue weighted by molar-refractivity contribution is 6.15. The fourth-order valence-corrected chi connectivity index (χ4v) is 5.06. The molecule has 1 fully saturated rings. The number of nitrogens with zero attached hydrogens (tertiary/aromatic N) is 4. The summed E-state index contributed by atoms with van der Waals surface area (Å²) in [4.78, 5) is 49.6. The maximum absolute atomic E-state index is 13.6. The fourth-order valence-electron chi connectivity index (χ4n) is 5.06. The zero-order chi connectivity index (χ0) is 28.8. The van der Waals surface area contributed by atoms with Crippen LogP contribution in [0.4, 0.5) is 17.6 Å². The smallest absolute Gasteiger partial charge is 0.332 e. The van der Waals surface area contributed by atoms with Crippen LogP contribution in [0.3, 0.4) is 0 Å². The standard InChI is InChI=1S/C28H24F4N4O4/c1-16-22(11-33-14-34-16)19-5-8-23-20(9-19)10-24(37)27(23)26(39)35(15-40-27)13-25(38)36(17(2)28(30,31)32)12-18-3-6-21(29)7-4-18/h3-9,11,14,17H,10,12-13,15H2,1-2H3/t17-,27+/m0/s1. The Morgan fingerprint density at radius 2 is 1.90 bits per heavy atom. The van der Waals surface area contributed by atoms with Crippen LogP contribution in [0.5, 0.6) is 0 Å². The summed E-state index contributed by atoms with van der Waals surface area (Å²) in [6, 6.07) is 7.62. The molecule has 0 N–H and O–H groups in total. The lowest BCUT2D eigenvalue weighted by Crippen LogP contribution is -2.51. The molecule has 1 aromatic heterocycles. The number of carbonyl (C=O) groups is 3. The number of rotatable bonds is 6. The first-order chi connectivity index (χ1) is 18.9. The largest absolute Gasteiger partial charge is 0.408 e. The van der Waals surface area contributed by atoms with Gasteiger partial charge >= 0.3 is 6.18 Å². The third-order valence-corrected chi connectivity index (χ3v) is 7.33. The van der Waals surface area contributed by atoms with Crippen LogP contribution in [-0.2, 0) is 37.7 Å². The minimum atomic E-state index is -4.75. The molecule has 208 valence electrons. The summed E-state index contributed by atoms with van der Waals surface area (Å²) in [6.07, 6.45) is -1.78. The van der Waals surface area contributed by atoms with E-state index in [1.165, 1.54) is 18.5 Å². The molecule has 1 saturated heterocycles. The highest BCUT2D eigenvalue weighted by Gasteiger charge is 2.59. The topological polar surface area (TPSA) is 92.7 Å². The predicted molar refractivity (Wildman–Crippen MR) is 133 cm³/mol. The Balaban J connectivity index is 1.39. The number of amides is 2. The average molecular weight is 557 g/mol. The zero-order valence-corrected chi connectivity index (χ0v) is 21.5. The number of halogens is 4. The van der Waals surface area contributed by atoms with Gasteiger partial charge in [0.25, 0.3) is 5.91 Å².